The number of benzene rings is 1. The van der Waals surface area contributed by atoms with E-state index in [-0.39, 0.29) is 5.91 Å². The molecule has 1 aromatic carbocycles. The van der Waals surface area contributed by atoms with Crippen molar-refractivity contribution in [3.05, 3.63) is 48.2 Å². The number of carbonyl (C=O) groups is 1. The molecule has 0 atom stereocenters. The Morgan fingerprint density at radius 1 is 1.12 bits per heavy atom. The number of nitrogens with zero attached hydrogens (tertiary/aromatic N) is 1. The van der Waals surface area contributed by atoms with Gasteiger partial charge < -0.3 is 15.4 Å². The number of pyridine rings is 1. The van der Waals surface area contributed by atoms with Gasteiger partial charge in [-0.25, -0.2) is 4.98 Å². The number of anilines is 2. The molecule has 1 aliphatic rings. The Hall–Kier alpha value is -2.56. The average molecular weight is 353 g/mol. The summed E-state index contributed by atoms with van der Waals surface area (Å²) in [6, 6.07) is 11.5. The van der Waals surface area contributed by atoms with Gasteiger partial charge in [-0.05, 0) is 56.2 Å². The van der Waals surface area contributed by atoms with Crippen LogP contribution in [0.15, 0.2) is 42.6 Å². The van der Waals surface area contributed by atoms with E-state index in [4.69, 9.17) is 4.74 Å². The molecule has 1 fully saturated rings. The predicted octanol–water partition coefficient (Wildman–Crippen LogP) is 4.68. The lowest BCUT2D eigenvalue weighted by atomic mass is 10.1. The molecule has 2 aromatic rings. The lowest BCUT2D eigenvalue weighted by Gasteiger charge is -2.16. The van der Waals surface area contributed by atoms with E-state index < -0.39 is 0 Å². The van der Waals surface area contributed by atoms with Crippen molar-refractivity contribution < 1.29 is 9.53 Å². The van der Waals surface area contributed by atoms with Crippen LogP contribution in [0.3, 0.4) is 0 Å². The minimum absolute atomic E-state index is 0.0194. The van der Waals surface area contributed by atoms with Gasteiger partial charge in [0.05, 0.1) is 6.61 Å². The second-order valence-corrected chi connectivity index (χ2v) is 6.67. The van der Waals surface area contributed by atoms with Crippen molar-refractivity contribution in [2.45, 2.75) is 51.5 Å². The first-order valence-electron chi connectivity index (χ1n) is 9.51. The Labute approximate surface area is 155 Å². The molecule has 138 valence electrons. The second kappa shape index (κ2) is 9.22. The highest BCUT2D eigenvalue weighted by molar-refractivity contribution is 5.95. The molecule has 2 N–H and O–H groups in total. The third-order valence-electron chi connectivity index (χ3n) is 4.65. The van der Waals surface area contributed by atoms with Gasteiger partial charge in [-0.1, -0.05) is 25.7 Å². The Bertz CT molecular complexity index is 707. The van der Waals surface area contributed by atoms with Crippen molar-refractivity contribution in [1.29, 1.82) is 0 Å². The molecule has 26 heavy (non-hydrogen) atoms. The van der Waals surface area contributed by atoms with Crippen molar-refractivity contribution in [2.75, 3.05) is 11.9 Å². The lowest BCUT2D eigenvalue weighted by Crippen LogP contribution is -2.34. The van der Waals surface area contributed by atoms with Gasteiger partial charge in [0.25, 0.3) is 5.91 Å². The third-order valence-corrected chi connectivity index (χ3v) is 4.65. The van der Waals surface area contributed by atoms with Gasteiger partial charge in [-0.15, -0.1) is 0 Å². The molecule has 0 saturated heterocycles. The molecule has 1 saturated carbocycles. The first-order chi connectivity index (χ1) is 12.7. The highest BCUT2D eigenvalue weighted by Gasteiger charge is 2.16. The van der Waals surface area contributed by atoms with Crippen molar-refractivity contribution in [3.63, 3.8) is 0 Å². The number of nitrogens with one attached hydrogen (secondary N) is 2. The minimum atomic E-state index is -0.0194. The average Bonchev–Trinajstić information content (AvgIpc) is 2.92. The molecule has 0 radical (unpaired) electrons. The molecule has 5 heteroatoms. The highest BCUT2D eigenvalue weighted by atomic mass is 16.5. The summed E-state index contributed by atoms with van der Waals surface area (Å²) in [6.07, 6.45) is 8.77. The van der Waals surface area contributed by atoms with Crippen LogP contribution in [0.1, 0.15) is 55.8 Å². The largest absolute Gasteiger partial charge is 0.494 e. The number of rotatable bonds is 6. The second-order valence-electron chi connectivity index (χ2n) is 6.67. The zero-order valence-corrected chi connectivity index (χ0v) is 15.3. The molecule has 5 nitrogen and oxygen atoms in total. The van der Waals surface area contributed by atoms with Crippen LogP contribution in [0, 0.1) is 0 Å². The number of amides is 1. The third kappa shape index (κ3) is 5.22. The number of hydrogen-bond acceptors (Lipinski definition) is 4. The SMILES string of the molecule is CCOc1ccc(Nc2cc(C(=O)NC3CCCCCC3)ccn2)cc1. The van der Waals surface area contributed by atoms with Crippen LogP contribution >= 0.6 is 0 Å². The first-order valence-corrected chi connectivity index (χ1v) is 9.51. The number of aromatic nitrogens is 1. The molecular weight excluding hydrogens is 326 g/mol. The van der Waals surface area contributed by atoms with E-state index in [1.54, 1.807) is 18.3 Å². The number of ether oxygens (including phenoxy) is 1. The van der Waals surface area contributed by atoms with Gasteiger partial charge in [0.15, 0.2) is 0 Å². The van der Waals surface area contributed by atoms with E-state index >= 15 is 0 Å². The molecule has 0 bridgehead atoms. The molecule has 3 rings (SSSR count). The Morgan fingerprint density at radius 3 is 2.54 bits per heavy atom. The smallest absolute Gasteiger partial charge is 0.251 e. The molecule has 0 spiro atoms. The summed E-state index contributed by atoms with van der Waals surface area (Å²) >= 11 is 0. The minimum Gasteiger partial charge on any atom is -0.494 e. The maximum atomic E-state index is 12.6. The lowest BCUT2D eigenvalue weighted by molar-refractivity contribution is 0.0933. The topological polar surface area (TPSA) is 63.2 Å². The summed E-state index contributed by atoms with van der Waals surface area (Å²) in [4.78, 5) is 16.9. The number of hydrogen-bond donors (Lipinski definition) is 2. The van der Waals surface area contributed by atoms with Crippen LogP contribution in [-0.4, -0.2) is 23.5 Å². The van der Waals surface area contributed by atoms with E-state index in [2.05, 4.69) is 15.6 Å². The fourth-order valence-electron chi connectivity index (χ4n) is 3.28. The van der Waals surface area contributed by atoms with E-state index in [1.165, 1.54) is 25.7 Å². The molecule has 1 aliphatic carbocycles. The molecule has 1 heterocycles. The maximum absolute atomic E-state index is 12.6. The van der Waals surface area contributed by atoms with Gasteiger partial charge in [0.2, 0.25) is 0 Å². The fraction of sp³-hybridized carbons (Fsp3) is 0.429. The monoisotopic (exact) mass is 353 g/mol. The van der Waals surface area contributed by atoms with Crippen LogP contribution < -0.4 is 15.4 Å². The van der Waals surface area contributed by atoms with Crippen LogP contribution in [0.25, 0.3) is 0 Å². The van der Waals surface area contributed by atoms with Gasteiger partial charge in [-0.2, -0.15) is 0 Å². The van der Waals surface area contributed by atoms with Gasteiger partial charge in [0, 0.05) is 23.5 Å². The predicted molar refractivity (Wildman–Crippen MR) is 104 cm³/mol. The van der Waals surface area contributed by atoms with E-state index in [1.807, 2.05) is 31.2 Å². The summed E-state index contributed by atoms with van der Waals surface area (Å²) in [5.41, 5.74) is 1.54. The van der Waals surface area contributed by atoms with Crippen molar-refractivity contribution >= 4 is 17.4 Å². The zero-order valence-electron chi connectivity index (χ0n) is 15.3. The van der Waals surface area contributed by atoms with Crippen LogP contribution in [0.4, 0.5) is 11.5 Å². The maximum Gasteiger partial charge on any atom is 0.251 e. The first kappa shape index (κ1) is 18.2. The van der Waals surface area contributed by atoms with Gasteiger partial charge in [0.1, 0.15) is 11.6 Å². The van der Waals surface area contributed by atoms with E-state index in [0.717, 1.165) is 24.3 Å². The summed E-state index contributed by atoms with van der Waals surface area (Å²) in [5.74, 6) is 1.47. The molecule has 0 aliphatic heterocycles. The normalized spacial score (nSPS) is 15.1. The van der Waals surface area contributed by atoms with Crippen molar-refractivity contribution in [1.82, 2.24) is 10.3 Å². The highest BCUT2D eigenvalue weighted by Crippen LogP contribution is 2.20. The molecule has 1 amide bonds. The summed E-state index contributed by atoms with van der Waals surface area (Å²) in [7, 11) is 0. The van der Waals surface area contributed by atoms with E-state index in [9.17, 15) is 4.79 Å². The molecule has 0 unspecified atom stereocenters. The van der Waals surface area contributed by atoms with Gasteiger partial charge in [-0.3, -0.25) is 4.79 Å². The summed E-state index contributed by atoms with van der Waals surface area (Å²) in [5, 5.41) is 6.41. The van der Waals surface area contributed by atoms with Crippen molar-refractivity contribution in [3.8, 4) is 5.75 Å². The van der Waals surface area contributed by atoms with Crippen LogP contribution in [0.5, 0.6) is 5.75 Å². The fourth-order valence-corrected chi connectivity index (χ4v) is 3.28. The van der Waals surface area contributed by atoms with Crippen molar-refractivity contribution in [2.24, 2.45) is 0 Å². The van der Waals surface area contributed by atoms with Gasteiger partial charge >= 0.3 is 0 Å². The molecular formula is C21H27N3O2. The quantitative estimate of drug-likeness (QED) is 0.740. The number of carbonyl (C=O) groups excluding carboxylic acids is 1. The summed E-state index contributed by atoms with van der Waals surface area (Å²) in [6.45, 7) is 2.61. The Balaban J connectivity index is 1.62. The summed E-state index contributed by atoms with van der Waals surface area (Å²) < 4.78 is 5.45. The van der Waals surface area contributed by atoms with Crippen LogP contribution in [0.2, 0.25) is 0 Å². The zero-order chi connectivity index (χ0) is 18.2. The van der Waals surface area contributed by atoms with Crippen LogP contribution in [-0.2, 0) is 0 Å². The Kier molecular flexibility index (Phi) is 6.47. The van der Waals surface area contributed by atoms with E-state index in [0.29, 0.717) is 24.0 Å². The molecule has 1 aromatic heterocycles. The Morgan fingerprint density at radius 2 is 1.85 bits per heavy atom. The standard InChI is InChI=1S/C21H27N3O2/c1-2-26-19-11-9-18(10-12-19)23-20-15-16(13-14-22-20)21(25)24-17-7-5-3-4-6-8-17/h9-15,17H,2-8H2,1H3,(H,22,23)(H,24,25).